The van der Waals surface area contributed by atoms with Crippen molar-refractivity contribution in [2.45, 2.75) is 32.2 Å². The second kappa shape index (κ2) is 2.32. The highest BCUT2D eigenvalue weighted by Gasteiger charge is 2.51. The van der Waals surface area contributed by atoms with Crippen LogP contribution in [0.5, 0.6) is 0 Å². The van der Waals surface area contributed by atoms with E-state index in [0.29, 0.717) is 0 Å². The Labute approximate surface area is 66.4 Å². The highest BCUT2D eigenvalue weighted by atomic mass is 16.2. The van der Waals surface area contributed by atoms with Crippen molar-refractivity contribution in [2.24, 2.45) is 0 Å². The first-order chi connectivity index (χ1) is 5.00. The van der Waals surface area contributed by atoms with Crippen molar-refractivity contribution in [2.75, 3.05) is 7.05 Å². The second-order valence-electron chi connectivity index (χ2n) is 3.17. The van der Waals surface area contributed by atoms with Crippen molar-refractivity contribution in [3.8, 4) is 0 Å². The van der Waals surface area contributed by atoms with Crippen LogP contribution in [0.25, 0.3) is 0 Å². The van der Waals surface area contributed by atoms with Crippen LogP contribution in [0.2, 0.25) is 0 Å². The molecule has 1 aliphatic rings. The van der Waals surface area contributed by atoms with Crippen molar-refractivity contribution in [3.63, 3.8) is 0 Å². The number of amides is 1. The molecule has 0 aromatic carbocycles. The standard InChI is InChI=1S/C8H13NO2/c1-6(10)8(4-5-8)9(3)7(2)11/h4-5H2,1-3H3. The number of carbonyl (C=O) groups excluding carboxylic acids is 2. The van der Waals surface area contributed by atoms with Crippen LogP contribution < -0.4 is 0 Å². The van der Waals surface area contributed by atoms with E-state index in [1.807, 2.05) is 0 Å². The fourth-order valence-corrected chi connectivity index (χ4v) is 1.34. The molecule has 0 bridgehead atoms. The third-order valence-electron chi connectivity index (χ3n) is 2.49. The van der Waals surface area contributed by atoms with E-state index in [2.05, 4.69) is 0 Å². The molecule has 0 saturated heterocycles. The summed E-state index contributed by atoms with van der Waals surface area (Å²) in [6.45, 7) is 3.04. The fraction of sp³-hybridized carbons (Fsp3) is 0.750. The number of rotatable bonds is 2. The van der Waals surface area contributed by atoms with Crippen molar-refractivity contribution in [1.82, 2.24) is 4.90 Å². The first-order valence-electron chi connectivity index (χ1n) is 3.76. The molecule has 0 aliphatic heterocycles. The normalized spacial score (nSPS) is 19.2. The number of nitrogens with zero attached hydrogens (tertiary/aromatic N) is 1. The van der Waals surface area contributed by atoms with Crippen LogP contribution in [-0.4, -0.2) is 29.2 Å². The minimum absolute atomic E-state index is 0.0299. The lowest BCUT2D eigenvalue weighted by molar-refractivity contribution is -0.137. The van der Waals surface area contributed by atoms with Crippen LogP contribution >= 0.6 is 0 Å². The highest BCUT2D eigenvalue weighted by Crippen LogP contribution is 2.41. The lowest BCUT2D eigenvalue weighted by Crippen LogP contribution is -2.42. The Hall–Kier alpha value is -0.860. The quantitative estimate of drug-likeness (QED) is 0.585. The highest BCUT2D eigenvalue weighted by molar-refractivity contribution is 5.93. The molecule has 62 valence electrons. The smallest absolute Gasteiger partial charge is 0.220 e. The van der Waals surface area contributed by atoms with Crippen LogP contribution in [0.3, 0.4) is 0 Å². The summed E-state index contributed by atoms with van der Waals surface area (Å²) < 4.78 is 0. The third-order valence-corrected chi connectivity index (χ3v) is 2.49. The van der Waals surface area contributed by atoms with Gasteiger partial charge >= 0.3 is 0 Å². The Morgan fingerprint density at radius 3 is 1.82 bits per heavy atom. The van der Waals surface area contributed by atoms with Gasteiger partial charge in [-0.15, -0.1) is 0 Å². The minimum atomic E-state index is -0.425. The van der Waals surface area contributed by atoms with Crippen LogP contribution in [0.15, 0.2) is 0 Å². The zero-order chi connectivity index (χ0) is 8.65. The Kier molecular flexibility index (Phi) is 1.74. The molecule has 0 aromatic heterocycles. The van der Waals surface area contributed by atoms with Gasteiger partial charge in [0, 0.05) is 14.0 Å². The Morgan fingerprint density at radius 2 is 1.73 bits per heavy atom. The van der Waals surface area contributed by atoms with Gasteiger partial charge in [-0.05, 0) is 19.8 Å². The molecule has 1 amide bonds. The maximum absolute atomic E-state index is 11.1. The lowest BCUT2D eigenvalue weighted by atomic mass is 10.1. The van der Waals surface area contributed by atoms with E-state index in [4.69, 9.17) is 0 Å². The average Bonchev–Trinajstić information content (AvgIpc) is 2.65. The Balaban J connectivity index is 2.73. The Morgan fingerprint density at radius 1 is 1.27 bits per heavy atom. The molecule has 3 heteroatoms. The molecule has 0 heterocycles. The van der Waals surface area contributed by atoms with E-state index in [1.54, 1.807) is 18.9 Å². The number of carbonyl (C=O) groups is 2. The number of hydrogen-bond donors (Lipinski definition) is 0. The lowest BCUT2D eigenvalue weighted by Gasteiger charge is -2.24. The Bertz CT molecular complexity index is 206. The molecule has 3 nitrogen and oxygen atoms in total. The van der Waals surface area contributed by atoms with Crippen LogP contribution in [0.1, 0.15) is 26.7 Å². The van der Waals surface area contributed by atoms with Gasteiger partial charge < -0.3 is 4.90 Å². The summed E-state index contributed by atoms with van der Waals surface area (Å²) >= 11 is 0. The molecule has 1 saturated carbocycles. The monoisotopic (exact) mass is 155 g/mol. The molecule has 1 aliphatic carbocycles. The van der Waals surface area contributed by atoms with Gasteiger partial charge in [0.1, 0.15) is 5.54 Å². The van der Waals surface area contributed by atoms with Crippen LogP contribution in [-0.2, 0) is 9.59 Å². The predicted molar refractivity (Wildman–Crippen MR) is 41.1 cm³/mol. The van der Waals surface area contributed by atoms with E-state index < -0.39 is 5.54 Å². The molecule has 0 aromatic rings. The maximum atomic E-state index is 11.1. The van der Waals surface area contributed by atoms with Gasteiger partial charge in [0.2, 0.25) is 5.91 Å². The zero-order valence-electron chi connectivity index (χ0n) is 7.18. The number of ketones is 1. The first kappa shape index (κ1) is 8.24. The van der Waals surface area contributed by atoms with Crippen LogP contribution in [0.4, 0.5) is 0 Å². The molecule has 11 heavy (non-hydrogen) atoms. The van der Waals surface area contributed by atoms with Gasteiger partial charge in [-0.1, -0.05) is 0 Å². The van der Waals surface area contributed by atoms with E-state index in [-0.39, 0.29) is 11.7 Å². The average molecular weight is 155 g/mol. The summed E-state index contributed by atoms with van der Waals surface area (Å²) in [6, 6.07) is 0. The van der Waals surface area contributed by atoms with Gasteiger partial charge in [0.15, 0.2) is 5.78 Å². The minimum Gasteiger partial charge on any atom is -0.333 e. The van der Waals surface area contributed by atoms with E-state index in [1.165, 1.54) is 6.92 Å². The van der Waals surface area contributed by atoms with E-state index in [9.17, 15) is 9.59 Å². The molecule has 0 N–H and O–H groups in total. The SMILES string of the molecule is CC(=O)N(C)C1(C(C)=O)CC1. The molecule has 1 rings (SSSR count). The molecule has 0 spiro atoms. The van der Waals surface area contributed by atoms with Gasteiger partial charge in [-0.3, -0.25) is 9.59 Å². The van der Waals surface area contributed by atoms with Gasteiger partial charge in [0.05, 0.1) is 0 Å². The fourth-order valence-electron chi connectivity index (χ4n) is 1.34. The van der Waals surface area contributed by atoms with E-state index in [0.717, 1.165) is 12.8 Å². The summed E-state index contributed by atoms with van der Waals surface area (Å²) in [4.78, 5) is 23.5. The molecule has 0 atom stereocenters. The molecule has 1 fully saturated rings. The largest absolute Gasteiger partial charge is 0.333 e. The summed E-state index contributed by atoms with van der Waals surface area (Å²) in [5, 5.41) is 0. The first-order valence-corrected chi connectivity index (χ1v) is 3.76. The maximum Gasteiger partial charge on any atom is 0.220 e. The molecule has 0 unspecified atom stereocenters. The number of Topliss-reactive ketones (excluding diaryl/α,β-unsaturated/α-hetero) is 1. The van der Waals surface area contributed by atoms with Crippen molar-refractivity contribution in [1.29, 1.82) is 0 Å². The zero-order valence-corrected chi connectivity index (χ0v) is 7.18. The van der Waals surface area contributed by atoms with Gasteiger partial charge in [0.25, 0.3) is 0 Å². The molecule has 0 radical (unpaired) electrons. The van der Waals surface area contributed by atoms with Crippen LogP contribution in [0, 0.1) is 0 Å². The topological polar surface area (TPSA) is 37.4 Å². The number of hydrogen-bond acceptors (Lipinski definition) is 2. The van der Waals surface area contributed by atoms with Gasteiger partial charge in [-0.25, -0.2) is 0 Å². The molecular weight excluding hydrogens is 142 g/mol. The number of likely N-dealkylation sites (N-methyl/N-ethyl adjacent to an activating group) is 1. The predicted octanol–water partition coefficient (Wildman–Crippen LogP) is 0.586. The summed E-state index contributed by atoms with van der Waals surface area (Å²) in [5.41, 5.74) is -0.425. The molecular formula is C8H13NO2. The van der Waals surface area contributed by atoms with Crippen molar-refractivity contribution in [3.05, 3.63) is 0 Å². The van der Waals surface area contributed by atoms with Crippen molar-refractivity contribution < 1.29 is 9.59 Å². The van der Waals surface area contributed by atoms with Crippen molar-refractivity contribution >= 4 is 11.7 Å². The summed E-state index contributed by atoms with van der Waals surface area (Å²) in [7, 11) is 1.69. The van der Waals surface area contributed by atoms with Gasteiger partial charge in [-0.2, -0.15) is 0 Å². The third kappa shape index (κ3) is 1.15. The summed E-state index contributed by atoms with van der Waals surface area (Å²) in [6.07, 6.45) is 1.66. The second-order valence-corrected chi connectivity index (χ2v) is 3.17. The summed E-state index contributed by atoms with van der Waals surface area (Å²) in [5.74, 6) is 0.0768. The van der Waals surface area contributed by atoms with E-state index >= 15 is 0 Å².